The molecule has 0 unspecified atom stereocenters. The molecule has 3 heteroatoms. The molecule has 0 aliphatic rings. The van der Waals surface area contributed by atoms with Gasteiger partial charge in [0.2, 0.25) is 5.95 Å². The molecule has 0 aliphatic heterocycles. The van der Waals surface area contributed by atoms with Gasteiger partial charge in [0.1, 0.15) is 0 Å². The Hall–Kier alpha value is -1.77. The summed E-state index contributed by atoms with van der Waals surface area (Å²) in [7, 11) is 0. The summed E-state index contributed by atoms with van der Waals surface area (Å²) >= 11 is 0. The minimum Gasteiger partial charge on any atom is -0.355 e. The zero-order chi connectivity index (χ0) is 13.8. The van der Waals surface area contributed by atoms with Crippen molar-refractivity contribution in [1.82, 2.24) is 9.55 Å². The third-order valence-corrected chi connectivity index (χ3v) is 3.00. The van der Waals surface area contributed by atoms with Crippen LogP contribution in [-0.4, -0.2) is 16.1 Å². The van der Waals surface area contributed by atoms with Gasteiger partial charge >= 0.3 is 0 Å². The van der Waals surface area contributed by atoms with Gasteiger partial charge < -0.3 is 9.88 Å². The number of hydrogen-bond donors (Lipinski definition) is 1. The number of rotatable bonds is 5. The van der Waals surface area contributed by atoms with Crippen LogP contribution in [0.15, 0.2) is 30.5 Å². The molecule has 102 valence electrons. The summed E-state index contributed by atoms with van der Waals surface area (Å²) in [5.41, 5.74) is 3.66. The van der Waals surface area contributed by atoms with Crippen molar-refractivity contribution in [3.05, 3.63) is 47.3 Å². The molecule has 0 bridgehead atoms. The van der Waals surface area contributed by atoms with Gasteiger partial charge in [-0.2, -0.15) is 0 Å². The molecule has 2 rings (SSSR count). The van der Waals surface area contributed by atoms with Gasteiger partial charge in [0, 0.05) is 12.7 Å². The molecule has 0 saturated carbocycles. The molecule has 2 aromatic rings. The molecule has 0 saturated heterocycles. The lowest BCUT2D eigenvalue weighted by Gasteiger charge is -2.11. The number of imidazole rings is 1. The van der Waals surface area contributed by atoms with E-state index in [1.54, 1.807) is 0 Å². The first kappa shape index (κ1) is 13.7. The lowest BCUT2D eigenvalue weighted by atomic mass is 10.1. The van der Waals surface area contributed by atoms with Crippen molar-refractivity contribution in [2.45, 2.75) is 34.2 Å². The van der Waals surface area contributed by atoms with E-state index < -0.39 is 0 Å². The highest BCUT2D eigenvalue weighted by molar-refractivity contribution is 5.31. The van der Waals surface area contributed by atoms with Crippen LogP contribution in [0.5, 0.6) is 0 Å². The predicted molar refractivity (Wildman–Crippen MR) is 80.6 cm³/mol. The van der Waals surface area contributed by atoms with Crippen molar-refractivity contribution in [2.75, 3.05) is 11.9 Å². The van der Waals surface area contributed by atoms with Crippen LogP contribution in [0.4, 0.5) is 5.95 Å². The number of anilines is 1. The Bertz CT molecular complexity index is 541. The van der Waals surface area contributed by atoms with Crippen LogP contribution in [0.25, 0.3) is 0 Å². The Morgan fingerprint density at radius 3 is 2.74 bits per heavy atom. The first-order valence-corrected chi connectivity index (χ1v) is 6.88. The maximum absolute atomic E-state index is 4.55. The smallest absolute Gasteiger partial charge is 0.203 e. The van der Waals surface area contributed by atoms with Crippen molar-refractivity contribution in [3.63, 3.8) is 0 Å². The second kappa shape index (κ2) is 5.91. The predicted octanol–water partition coefficient (Wildman–Crippen LogP) is 3.62. The van der Waals surface area contributed by atoms with Gasteiger partial charge in [-0.1, -0.05) is 43.7 Å². The third kappa shape index (κ3) is 3.85. The standard InChI is InChI=1S/C16H23N3/c1-12(2)9-17-16-18-14(4)10-19(16)11-15-7-5-6-13(3)8-15/h5-8,10,12H,9,11H2,1-4H3,(H,17,18). The number of nitrogens with one attached hydrogen (secondary N) is 1. The average Bonchev–Trinajstić information content (AvgIpc) is 2.67. The zero-order valence-corrected chi connectivity index (χ0v) is 12.3. The second-order valence-corrected chi connectivity index (χ2v) is 5.60. The molecule has 0 fully saturated rings. The van der Waals surface area contributed by atoms with Gasteiger partial charge in [-0.15, -0.1) is 0 Å². The van der Waals surface area contributed by atoms with Crippen molar-refractivity contribution < 1.29 is 0 Å². The van der Waals surface area contributed by atoms with Crippen LogP contribution in [0.1, 0.15) is 30.7 Å². The van der Waals surface area contributed by atoms with E-state index in [1.807, 2.05) is 6.92 Å². The van der Waals surface area contributed by atoms with E-state index in [9.17, 15) is 0 Å². The number of aryl methyl sites for hydroxylation is 2. The van der Waals surface area contributed by atoms with Crippen LogP contribution < -0.4 is 5.32 Å². The van der Waals surface area contributed by atoms with E-state index >= 15 is 0 Å². The Balaban J connectivity index is 2.15. The lowest BCUT2D eigenvalue weighted by molar-refractivity contribution is 0.676. The Morgan fingerprint density at radius 2 is 2.05 bits per heavy atom. The molecule has 1 N–H and O–H groups in total. The molecule has 3 nitrogen and oxygen atoms in total. The quantitative estimate of drug-likeness (QED) is 0.886. The van der Waals surface area contributed by atoms with Crippen molar-refractivity contribution in [2.24, 2.45) is 5.92 Å². The van der Waals surface area contributed by atoms with Gasteiger partial charge in [-0.05, 0) is 25.3 Å². The summed E-state index contributed by atoms with van der Waals surface area (Å²) in [6.07, 6.45) is 2.10. The molecule has 0 amide bonds. The first-order chi connectivity index (χ1) is 9.04. The van der Waals surface area contributed by atoms with Crippen LogP contribution in [0, 0.1) is 19.8 Å². The van der Waals surface area contributed by atoms with Crippen LogP contribution in [0.2, 0.25) is 0 Å². The fourth-order valence-electron chi connectivity index (χ4n) is 2.11. The highest BCUT2D eigenvalue weighted by Crippen LogP contribution is 2.13. The lowest BCUT2D eigenvalue weighted by Crippen LogP contribution is -2.13. The normalized spacial score (nSPS) is 11.0. The maximum atomic E-state index is 4.55. The molecular weight excluding hydrogens is 234 g/mol. The van der Waals surface area contributed by atoms with E-state index in [4.69, 9.17) is 0 Å². The Kier molecular flexibility index (Phi) is 4.25. The van der Waals surface area contributed by atoms with Gasteiger partial charge in [0.05, 0.1) is 12.2 Å². The molecule has 0 radical (unpaired) electrons. The van der Waals surface area contributed by atoms with Crippen LogP contribution in [0.3, 0.4) is 0 Å². The largest absolute Gasteiger partial charge is 0.355 e. The molecule has 1 heterocycles. The van der Waals surface area contributed by atoms with Gasteiger partial charge in [-0.3, -0.25) is 0 Å². The molecule has 0 spiro atoms. The van der Waals surface area contributed by atoms with Gasteiger partial charge in [0.15, 0.2) is 0 Å². The summed E-state index contributed by atoms with van der Waals surface area (Å²) in [6.45, 7) is 10.4. The monoisotopic (exact) mass is 257 g/mol. The molecule has 0 atom stereocenters. The highest BCUT2D eigenvalue weighted by Gasteiger charge is 2.06. The number of hydrogen-bond acceptors (Lipinski definition) is 2. The second-order valence-electron chi connectivity index (χ2n) is 5.60. The SMILES string of the molecule is Cc1cccc(Cn2cc(C)nc2NCC(C)C)c1. The van der Waals surface area contributed by atoms with E-state index in [0.717, 1.165) is 24.7 Å². The summed E-state index contributed by atoms with van der Waals surface area (Å²) in [6, 6.07) is 8.62. The maximum Gasteiger partial charge on any atom is 0.203 e. The minimum absolute atomic E-state index is 0.615. The molecule has 1 aromatic heterocycles. The molecule has 1 aromatic carbocycles. The summed E-state index contributed by atoms with van der Waals surface area (Å²) in [5.74, 6) is 1.58. The van der Waals surface area contributed by atoms with Crippen molar-refractivity contribution >= 4 is 5.95 Å². The van der Waals surface area contributed by atoms with Gasteiger partial charge in [0.25, 0.3) is 0 Å². The number of aromatic nitrogens is 2. The van der Waals surface area contributed by atoms with E-state index in [1.165, 1.54) is 11.1 Å². The fraction of sp³-hybridized carbons (Fsp3) is 0.438. The fourth-order valence-corrected chi connectivity index (χ4v) is 2.11. The molecular formula is C16H23N3. The average molecular weight is 257 g/mol. The van der Waals surface area contributed by atoms with E-state index in [0.29, 0.717) is 5.92 Å². The topological polar surface area (TPSA) is 29.9 Å². The first-order valence-electron chi connectivity index (χ1n) is 6.88. The van der Waals surface area contributed by atoms with Crippen molar-refractivity contribution in [1.29, 1.82) is 0 Å². The highest BCUT2D eigenvalue weighted by atomic mass is 15.2. The molecule has 0 aliphatic carbocycles. The summed E-state index contributed by atoms with van der Waals surface area (Å²) in [5, 5.41) is 3.42. The third-order valence-electron chi connectivity index (χ3n) is 3.00. The minimum atomic E-state index is 0.615. The van der Waals surface area contributed by atoms with Crippen LogP contribution in [-0.2, 0) is 6.54 Å². The van der Waals surface area contributed by atoms with Gasteiger partial charge in [-0.25, -0.2) is 4.98 Å². The van der Waals surface area contributed by atoms with Crippen LogP contribution >= 0.6 is 0 Å². The molecule has 19 heavy (non-hydrogen) atoms. The number of nitrogens with zero attached hydrogens (tertiary/aromatic N) is 2. The Labute approximate surface area is 115 Å². The van der Waals surface area contributed by atoms with E-state index in [2.05, 4.69) is 66.1 Å². The summed E-state index contributed by atoms with van der Waals surface area (Å²) in [4.78, 5) is 4.55. The summed E-state index contributed by atoms with van der Waals surface area (Å²) < 4.78 is 2.19. The zero-order valence-electron chi connectivity index (χ0n) is 12.3. The van der Waals surface area contributed by atoms with E-state index in [-0.39, 0.29) is 0 Å². The number of benzene rings is 1. The Morgan fingerprint density at radius 1 is 1.26 bits per heavy atom. The van der Waals surface area contributed by atoms with Crippen molar-refractivity contribution in [3.8, 4) is 0 Å².